The molecule has 0 N–H and O–H groups in total. The predicted octanol–water partition coefficient (Wildman–Crippen LogP) is 3.73. The van der Waals surface area contributed by atoms with Gasteiger partial charge in [-0.3, -0.25) is 4.98 Å². The summed E-state index contributed by atoms with van der Waals surface area (Å²) in [4.78, 5) is 8.87. The highest BCUT2D eigenvalue weighted by Crippen LogP contribution is 2.29. The zero-order valence-electron chi connectivity index (χ0n) is 11.6. The van der Waals surface area contributed by atoms with Crippen molar-refractivity contribution in [2.24, 2.45) is 0 Å². The van der Waals surface area contributed by atoms with E-state index in [1.54, 1.807) is 18.5 Å². The Labute approximate surface area is 129 Å². The number of aryl methyl sites for hydroxylation is 1. The van der Waals surface area contributed by atoms with E-state index in [9.17, 15) is 0 Å². The quantitative estimate of drug-likeness (QED) is 0.570. The molecule has 108 valence electrons. The van der Waals surface area contributed by atoms with Gasteiger partial charge in [-0.05, 0) is 36.9 Å². The van der Waals surface area contributed by atoms with Gasteiger partial charge in [0.2, 0.25) is 0 Å². The summed E-state index contributed by atoms with van der Waals surface area (Å²) in [6, 6.07) is 9.50. The molecule has 0 radical (unpaired) electrons. The maximum absolute atomic E-state index is 5.64. The van der Waals surface area contributed by atoms with Gasteiger partial charge in [0.15, 0.2) is 0 Å². The van der Waals surface area contributed by atoms with E-state index in [1.165, 1.54) is 11.8 Å². The number of fused-ring (bicyclic) bond motifs is 1. The van der Waals surface area contributed by atoms with E-state index >= 15 is 0 Å². The summed E-state index contributed by atoms with van der Waals surface area (Å²) in [5.74, 6) is 1.17. The second kappa shape index (κ2) is 5.27. The Bertz CT molecular complexity index is 947. The van der Waals surface area contributed by atoms with Crippen LogP contribution in [-0.2, 0) is 0 Å². The minimum atomic E-state index is 0.417. The molecule has 0 saturated carbocycles. The maximum Gasteiger partial charge on any atom is 0.283 e. The third-order valence-electron chi connectivity index (χ3n) is 3.11. The standard InChI is InChI=1S/C15H10N4O2S/c1-9-10(6-7-20-9)14-18-19-15(21-14)22-13-8-16-11-4-2-3-5-12(11)17-13/h2-8H,1H3. The van der Waals surface area contributed by atoms with Gasteiger partial charge in [0, 0.05) is 0 Å². The summed E-state index contributed by atoms with van der Waals surface area (Å²) >= 11 is 1.28. The highest BCUT2D eigenvalue weighted by Gasteiger charge is 2.14. The molecule has 1 aromatic carbocycles. The van der Waals surface area contributed by atoms with Crippen LogP contribution in [0.25, 0.3) is 22.5 Å². The van der Waals surface area contributed by atoms with Gasteiger partial charge in [-0.1, -0.05) is 12.1 Å². The number of benzene rings is 1. The number of rotatable bonds is 3. The van der Waals surface area contributed by atoms with Gasteiger partial charge in [-0.25, -0.2) is 4.98 Å². The molecule has 22 heavy (non-hydrogen) atoms. The van der Waals surface area contributed by atoms with Gasteiger partial charge in [-0.2, -0.15) is 0 Å². The molecule has 0 bridgehead atoms. The lowest BCUT2D eigenvalue weighted by Gasteiger charge is -1.98. The summed E-state index contributed by atoms with van der Waals surface area (Å²) in [5.41, 5.74) is 2.48. The molecule has 0 amide bonds. The molecule has 0 saturated heterocycles. The van der Waals surface area contributed by atoms with Crippen LogP contribution in [0.2, 0.25) is 0 Å². The molecule has 0 fully saturated rings. The van der Waals surface area contributed by atoms with E-state index in [0.717, 1.165) is 22.4 Å². The van der Waals surface area contributed by atoms with E-state index in [2.05, 4.69) is 20.2 Å². The first-order chi connectivity index (χ1) is 10.8. The summed E-state index contributed by atoms with van der Waals surface area (Å²) < 4.78 is 10.9. The molecule has 0 aliphatic rings. The monoisotopic (exact) mass is 310 g/mol. The van der Waals surface area contributed by atoms with Gasteiger partial charge < -0.3 is 8.83 Å². The number of aromatic nitrogens is 4. The Hall–Kier alpha value is -2.67. The molecular weight excluding hydrogens is 300 g/mol. The van der Waals surface area contributed by atoms with Crippen LogP contribution in [0.5, 0.6) is 0 Å². The van der Waals surface area contributed by atoms with Crippen LogP contribution >= 0.6 is 11.8 Å². The highest BCUT2D eigenvalue weighted by atomic mass is 32.2. The van der Waals surface area contributed by atoms with Crippen molar-refractivity contribution < 1.29 is 8.83 Å². The van der Waals surface area contributed by atoms with Crippen molar-refractivity contribution in [2.45, 2.75) is 17.2 Å². The lowest BCUT2D eigenvalue weighted by atomic mass is 10.3. The minimum Gasteiger partial charge on any atom is -0.469 e. The van der Waals surface area contributed by atoms with Crippen molar-refractivity contribution in [2.75, 3.05) is 0 Å². The van der Waals surface area contributed by atoms with Crippen LogP contribution in [0.15, 0.2) is 61.9 Å². The average Bonchev–Trinajstić information content (AvgIpc) is 3.16. The largest absolute Gasteiger partial charge is 0.469 e. The fourth-order valence-electron chi connectivity index (χ4n) is 2.05. The van der Waals surface area contributed by atoms with Crippen molar-refractivity contribution in [3.8, 4) is 11.5 Å². The number of para-hydroxylation sites is 2. The maximum atomic E-state index is 5.64. The molecule has 0 spiro atoms. The molecule has 3 heterocycles. The van der Waals surface area contributed by atoms with Crippen LogP contribution in [0.1, 0.15) is 5.76 Å². The van der Waals surface area contributed by atoms with Crippen LogP contribution < -0.4 is 0 Å². The summed E-state index contributed by atoms with van der Waals surface area (Å²) in [5, 5.41) is 9.18. The highest BCUT2D eigenvalue weighted by molar-refractivity contribution is 7.99. The third-order valence-corrected chi connectivity index (χ3v) is 3.86. The molecule has 3 aromatic heterocycles. The smallest absolute Gasteiger partial charge is 0.283 e. The van der Waals surface area contributed by atoms with Crippen molar-refractivity contribution in [1.82, 2.24) is 20.2 Å². The van der Waals surface area contributed by atoms with Gasteiger partial charge >= 0.3 is 0 Å². The fourth-order valence-corrected chi connectivity index (χ4v) is 2.68. The zero-order valence-corrected chi connectivity index (χ0v) is 12.4. The molecule has 4 aromatic rings. The summed E-state index contributed by atoms with van der Waals surface area (Å²) in [6.07, 6.45) is 3.29. The lowest BCUT2D eigenvalue weighted by molar-refractivity contribution is 0.463. The van der Waals surface area contributed by atoms with Crippen LogP contribution in [0.3, 0.4) is 0 Å². The van der Waals surface area contributed by atoms with Gasteiger partial charge in [0.1, 0.15) is 10.8 Å². The molecule has 0 unspecified atom stereocenters. The van der Waals surface area contributed by atoms with E-state index in [-0.39, 0.29) is 0 Å². The van der Waals surface area contributed by atoms with Crippen LogP contribution in [0.4, 0.5) is 0 Å². The van der Waals surface area contributed by atoms with E-state index in [1.807, 2.05) is 31.2 Å². The van der Waals surface area contributed by atoms with Gasteiger partial charge in [-0.15, -0.1) is 10.2 Å². The Morgan fingerprint density at radius 1 is 1.05 bits per heavy atom. The van der Waals surface area contributed by atoms with E-state index < -0.39 is 0 Å². The fraction of sp³-hybridized carbons (Fsp3) is 0.0667. The van der Waals surface area contributed by atoms with Crippen molar-refractivity contribution >= 4 is 22.8 Å². The Balaban J connectivity index is 1.63. The first kappa shape index (κ1) is 13.0. The molecule has 6 nitrogen and oxygen atoms in total. The van der Waals surface area contributed by atoms with Crippen LogP contribution in [-0.4, -0.2) is 20.2 Å². The normalized spacial score (nSPS) is 11.1. The Morgan fingerprint density at radius 2 is 1.91 bits per heavy atom. The Morgan fingerprint density at radius 3 is 2.73 bits per heavy atom. The molecule has 0 atom stereocenters. The molecule has 0 aliphatic carbocycles. The summed E-state index contributed by atoms with van der Waals surface area (Å²) in [6.45, 7) is 1.85. The van der Waals surface area contributed by atoms with Crippen molar-refractivity contribution in [3.63, 3.8) is 0 Å². The number of hydrogen-bond acceptors (Lipinski definition) is 7. The van der Waals surface area contributed by atoms with Crippen molar-refractivity contribution in [1.29, 1.82) is 0 Å². The topological polar surface area (TPSA) is 77.8 Å². The molecular formula is C15H10N4O2S. The number of nitrogens with zero attached hydrogens (tertiary/aromatic N) is 4. The first-order valence-corrected chi connectivity index (χ1v) is 7.39. The third kappa shape index (κ3) is 2.35. The zero-order chi connectivity index (χ0) is 14.9. The summed E-state index contributed by atoms with van der Waals surface area (Å²) in [7, 11) is 0. The number of hydrogen-bond donors (Lipinski definition) is 0. The van der Waals surface area contributed by atoms with Crippen LogP contribution in [0, 0.1) is 6.92 Å². The molecule has 4 rings (SSSR count). The minimum absolute atomic E-state index is 0.417. The number of furan rings is 1. The average molecular weight is 310 g/mol. The molecule has 7 heteroatoms. The van der Waals surface area contributed by atoms with E-state index in [4.69, 9.17) is 8.83 Å². The van der Waals surface area contributed by atoms with Gasteiger partial charge in [0.25, 0.3) is 11.1 Å². The molecule has 0 aliphatic heterocycles. The second-order valence-corrected chi connectivity index (χ2v) is 5.53. The van der Waals surface area contributed by atoms with E-state index in [0.29, 0.717) is 16.1 Å². The van der Waals surface area contributed by atoms with Crippen molar-refractivity contribution in [3.05, 3.63) is 48.6 Å². The first-order valence-electron chi connectivity index (χ1n) is 6.57. The SMILES string of the molecule is Cc1occc1-c1nnc(Sc2cnc3ccccc3n2)o1. The van der Waals surface area contributed by atoms with Gasteiger partial charge in [0.05, 0.1) is 29.1 Å². The second-order valence-electron chi connectivity index (χ2n) is 4.56. The lowest BCUT2D eigenvalue weighted by Crippen LogP contribution is -1.86. The Kier molecular flexibility index (Phi) is 3.12. The predicted molar refractivity (Wildman–Crippen MR) is 80.4 cm³/mol.